The van der Waals surface area contributed by atoms with E-state index in [0.717, 1.165) is 0 Å². The van der Waals surface area contributed by atoms with Gasteiger partial charge in [0.25, 0.3) is 0 Å². The predicted molar refractivity (Wildman–Crippen MR) is 78.0 cm³/mol. The normalized spacial score (nSPS) is 10.9. The molecule has 0 radical (unpaired) electrons. The molecule has 0 heterocycles. The minimum Gasteiger partial charge on any atom is -0.480 e. The van der Waals surface area contributed by atoms with Crippen LogP contribution in [0.2, 0.25) is 0 Å². The summed E-state index contributed by atoms with van der Waals surface area (Å²) in [6.07, 6.45) is 0.663. The van der Waals surface area contributed by atoms with Crippen molar-refractivity contribution in [3.8, 4) is 0 Å². The number of nitrogens with zero attached hydrogens (tertiary/aromatic N) is 2. The lowest BCUT2D eigenvalue weighted by Gasteiger charge is -2.37. The molecular formula is C14H26N2O5. The van der Waals surface area contributed by atoms with E-state index in [9.17, 15) is 19.5 Å². The summed E-state index contributed by atoms with van der Waals surface area (Å²) in [5, 5.41) is 9.27. The van der Waals surface area contributed by atoms with E-state index in [1.807, 2.05) is 6.92 Å². The van der Waals surface area contributed by atoms with Crippen LogP contribution < -0.4 is 0 Å². The molecule has 122 valence electrons. The van der Waals surface area contributed by atoms with Crippen LogP contribution in [0.15, 0.2) is 0 Å². The standard InChI is InChI=1S/C14H26N2O5/c1-6-9-15(10-11(17)21-8-3)13(20)16(7-2)14(4,5)12(18)19/h6-10H2,1-5H3,(H,18,19). The van der Waals surface area contributed by atoms with E-state index in [2.05, 4.69) is 0 Å². The third-order valence-electron chi connectivity index (χ3n) is 3.13. The second kappa shape index (κ2) is 8.49. The summed E-state index contributed by atoms with van der Waals surface area (Å²) in [5.41, 5.74) is -1.34. The van der Waals surface area contributed by atoms with E-state index in [-0.39, 0.29) is 19.7 Å². The van der Waals surface area contributed by atoms with Gasteiger partial charge < -0.3 is 19.6 Å². The number of carbonyl (C=O) groups is 3. The first-order valence-electron chi connectivity index (χ1n) is 7.17. The Morgan fingerprint density at radius 1 is 1.14 bits per heavy atom. The molecule has 0 spiro atoms. The van der Waals surface area contributed by atoms with Crippen LogP contribution in [0.1, 0.15) is 41.0 Å². The van der Waals surface area contributed by atoms with Crippen molar-refractivity contribution < 1.29 is 24.2 Å². The first kappa shape index (κ1) is 19.2. The topological polar surface area (TPSA) is 87.2 Å². The predicted octanol–water partition coefficient (Wildman–Crippen LogP) is 1.57. The SMILES string of the molecule is CCCN(CC(=O)OCC)C(=O)N(CC)C(C)(C)C(=O)O. The summed E-state index contributed by atoms with van der Waals surface area (Å²) in [4.78, 5) is 38.0. The fraction of sp³-hybridized carbons (Fsp3) is 0.786. The number of hydrogen-bond donors (Lipinski definition) is 1. The number of carbonyl (C=O) groups excluding carboxylic acids is 2. The molecule has 0 saturated carbocycles. The molecule has 0 atom stereocenters. The number of carboxylic acids is 1. The van der Waals surface area contributed by atoms with Gasteiger partial charge in [-0.3, -0.25) is 4.79 Å². The van der Waals surface area contributed by atoms with Crippen molar-refractivity contribution in [1.82, 2.24) is 9.80 Å². The van der Waals surface area contributed by atoms with Crippen molar-refractivity contribution in [2.24, 2.45) is 0 Å². The van der Waals surface area contributed by atoms with Crippen LogP contribution in [0.25, 0.3) is 0 Å². The Morgan fingerprint density at radius 3 is 2.10 bits per heavy atom. The third kappa shape index (κ3) is 5.24. The van der Waals surface area contributed by atoms with Gasteiger partial charge in [0.15, 0.2) is 0 Å². The van der Waals surface area contributed by atoms with Gasteiger partial charge in [-0.25, -0.2) is 9.59 Å². The molecule has 21 heavy (non-hydrogen) atoms. The molecule has 0 aliphatic rings. The van der Waals surface area contributed by atoms with Crippen molar-refractivity contribution in [3.05, 3.63) is 0 Å². The van der Waals surface area contributed by atoms with Crippen LogP contribution in [-0.4, -0.2) is 64.7 Å². The van der Waals surface area contributed by atoms with E-state index in [1.165, 1.54) is 23.6 Å². The quantitative estimate of drug-likeness (QED) is 0.688. The lowest BCUT2D eigenvalue weighted by atomic mass is 10.0. The van der Waals surface area contributed by atoms with E-state index < -0.39 is 23.5 Å². The van der Waals surface area contributed by atoms with Crippen LogP contribution in [0, 0.1) is 0 Å². The monoisotopic (exact) mass is 302 g/mol. The smallest absolute Gasteiger partial charge is 0.329 e. The van der Waals surface area contributed by atoms with Crippen molar-refractivity contribution in [2.75, 3.05) is 26.2 Å². The molecule has 0 aromatic carbocycles. The maximum Gasteiger partial charge on any atom is 0.329 e. The maximum absolute atomic E-state index is 12.5. The second-order valence-corrected chi connectivity index (χ2v) is 5.12. The van der Waals surface area contributed by atoms with Crippen LogP contribution in [-0.2, 0) is 14.3 Å². The highest BCUT2D eigenvalue weighted by Gasteiger charge is 2.39. The number of amides is 2. The first-order valence-corrected chi connectivity index (χ1v) is 7.17. The highest BCUT2D eigenvalue weighted by atomic mass is 16.5. The van der Waals surface area contributed by atoms with Gasteiger partial charge in [0, 0.05) is 13.1 Å². The Bertz CT molecular complexity index is 382. The molecular weight excluding hydrogens is 276 g/mol. The van der Waals surface area contributed by atoms with E-state index in [4.69, 9.17) is 4.74 Å². The number of hydrogen-bond acceptors (Lipinski definition) is 4. The molecule has 0 fully saturated rings. The fourth-order valence-electron chi connectivity index (χ4n) is 1.93. The Hall–Kier alpha value is -1.79. The highest BCUT2D eigenvalue weighted by molar-refractivity contribution is 5.87. The average Bonchev–Trinajstić information content (AvgIpc) is 2.38. The minimum absolute atomic E-state index is 0.174. The fourth-order valence-corrected chi connectivity index (χ4v) is 1.93. The molecule has 0 aliphatic heterocycles. The van der Waals surface area contributed by atoms with Gasteiger partial charge in [-0.05, 0) is 34.1 Å². The molecule has 0 aliphatic carbocycles. The van der Waals surface area contributed by atoms with Crippen molar-refractivity contribution in [2.45, 2.75) is 46.6 Å². The van der Waals surface area contributed by atoms with E-state index in [0.29, 0.717) is 13.0 Å². The number of carboxylic acid groups (broad SMARTS) is 1. The first-order chi connectivity index (χ1) is 9.72. The number of esters is 1. The number of urea groups is 1. The molecule has 7 heteroatoms. The zero-order valence-corrected chi connectivity index (χ0v) is 13.5. The van der Waals surface area contributed by atoms with Gasteiger partial charge in [-0.1, -0.05) is 6.92 Å². The summed E-state index contributed by atoms with van der Waals surface area (Å²) in [6.45, 7) is 8.87. The third-order valence-corrected chi connectivity index (χ3v) is 3.13. The molecule has 0 bridgehead atoms. The molecule has 7 nitrogen and oxygen atoms in total. The zero-order valence-electron chi connectivity index (χ0n) is 13.5. The Labute approximate surface area is 125 Å². The van der Waals surface area contributed by atoms with E-state index >= 15 is 0 Å². The maximum atomic E-state index is 12.5. The lowest BCUT2D eigenvalue weighted by Crippen LogP contribution is -2.57. The van der Waals surface area contributed by atoms with Crippen molar-refractivity contribution in [3.63, 3.8) is 0 Å². The molecule has 0 unspecified atom stereocenters. The summed E-state index contributed by atoms with van der Waals surface area (Å²) in [6, 6.07) is -0.472. The summed E-state index contributed by atoms with van der Waals surface area (Å²) in [7, 11) is 0. The van der Waals surface area contributed by atoms with Crippen LogP contribution >= 0.6 is 0 Å². The van der Waals surface area contributed by atoms with Crippen LogP contribution in [0.4, 0.5) is 4.79 Å². The van der Waals surface area contributed by atoms with Gasteiger partial charge in [-0.15, -0.1) is 0 Å². The van der Waals surface area contributed by atoms with Crippen LogP contribution in [0.5, 0.6) is 0 Å². The minimum atomic E-state index is -1.34. The molecule has 2 amide bonds. The Kier molecular flexibility index (Phi) is 7.76. The number of likely N-dealkylation sites (N-methyl/N-ethyl adjacent to an activating group) is 1. The van der Waals surface area contributed by atoms with Crippen LogP contribution in [0.3, 0.4) is 0 Å². The van der Waals surface area contributed by atoms with Gasteiger partial charge in [0.05, 0.1) is 6.61 Å². The number of rotatable bonds is 8. The number of aliphatic carboxylic acids is 1. The second-order valence-electron chi connectivity index (χ2n) is 5.12. The molecule has 0 saturated heterocycles. The van der Waals surface area contributed by atoms with Gasteiger partial charge in [-0.2, -0.15) is 0 Å². The largest absolute Gasteiger partial charge is 0.480 e. The zero-order chi connectivity index (χ0) is 16.6. The van der Waals surface area contributed by atoms with Gasteiger partial charge >= 0.3 is 18.0 Å². The molecule has 0 rings (SSSR count). The number of ether oxygens (including phenoxy) is 1. The van der Waals surface area contributed by atoms with Crippen molar-refractivity contribution in [1.29, 1.82) is 0 Å². The summed E-state index contributed by atoms with van der Waals surface area (Å²) in [5.74, 6) is -1.59. The lowest BCUT2D eigenvalue weighted by molar-refractivity contribution is -0.148. The summed E-state index contributed by atoms with van der Waals surface area (Å²) < 4.78 is 4.85. The molecule has 1 N–H and O–H groups in total. The summed E-state index contributed by atoms with van der Waals surface area (Å²) >= 11 is 0. The van der Waals surface area contributed by atoms with Crippen molar-refractivity contribution >= 4 is 18.0 Å². The van der Waals surface area contributed by atoms with Gasteiger partial charge in [0.2, 0.25) is 0 Å². The Balaban J connectivity index is 5.16. The molecule has 0 aromatic heterocycles. The Morgan fingerprint density at radius 2 is 1.71 bits per heavy atom. The van der Waals surface area contributed by atoms with Gasteiger partial charge in [0.1, 0.15) is 12.1 Å². The average molecular weight is 302 g/mol. The van der Waals surface area contributed by atoms with E-state index in [1.54, 1.807) is 13.8 Å². The highest BCUT2D eigenvalue weighted by Crippen LogP contribution is 2.17. The molecule has 0 aromatic rings.